The molecule has 2 N–H and O–H groups in total. The first kappa shape index (κ1) is 14.5. The standard InChI is InChI=1S/C16H17F2NO/c1-10(2)20-15-6-4-3-5-13(15)16(19)12-8-7-11(17)9-14(12)18/h3-10,16H,19H2,1-2H3. The van der Waals surface area contributed by atoms with Gasteiger partial charge in [-0.3, -0.25) is 0 Å². The van der Waals surface area contributed by atoms with Gasteiger partial charge in [0.05, 0.1) is 12.1 Å². The first-order chi connectivity index (χ1) is 9.49. The average molecular weight is 277 g/mol. The SMILES string of the molecule is CC(C)Oc1ccccc1C(N)c1ccc(F)cc1F. The van der Waals surface area contributed by atoms with Crippen molar-refractivity contribution in [2.75, 3.05) is 0 Å². The second-order valence-electron chi connectivity index (χ2n) is 4.85. The van der Waals surface area contributed by atoms with Gasteiger partial charge < -0.3 is 10.5 Å². The van der Waals surface area contributed by atoms with Crippen LogP contribution in [0.3, 0.4) is 0 Å². The molecule has 20 heavy (non-hydrogen) atoms. The summed E-state index contributed by atoms with van der Waals surface area (Å²) in [4.78, 5) is 0. The van der Waals surface area contributed by atoms with Crippen molar-refractivity contribution < 1.29 is 13.5 Å². The maximum Gasteiger partial charge on any atom is 0.131 e. The van der Waals surface area contributed by atoms with E-state index in [0.717, 1.165) is 6.07 Å². The number of halogens is 2. The molecule has 0 aliphatic heterocycles. The summed E-state index contributed by atoms with van der Waals surface area (Å²) in [5.41, 5.74) is 7.02. The molecule has 0 amide bonds. The molecule has 1 atom stereocenters. The zero-order valence-corrected chi connectivity index (χ0v) is 11.4. The average Bonchev–Trinajstić information content (AvgIpc) is 2.38. The van der Waals surface area contributed by atoms with Crippen LogP contribution in [0.4, 0.5) is 8.78 Å². The monoisotopic (exact) mass is 277 g/mol. The van der Waals surface area contributed by atoms with E-state index < -0.39 is 17.7 Å². The van der Waals surface area contributed by atoms with Crippen LogP contribution in [-0.2, 0) is 0 Å². The largest absolute Gasteiger partial charge is 0.491 e. The Balaban J connectivity index is 2.40. The molecule has 0 radical (unpaired) electrons. The van der Waals surface area contributed by atoms with Crippen molar-refractivity contribution in [3.05, 3.63) is 65.2 Å². The molecule has 1 unspecified atom stereocenters. The lowest BCUT2D eigenvalue weighted by Crippen LogP contribution is -2.16. The Kier molecular flexibility index (Phi) is 4.35. The Bertz CT molecular complexity index is 599. The first-order valence-corrected chi connectivity index (χ1v) is 6.45. The van der Waals surface area contributed by atoms with Crippen molar-refractivity contribution in [3.63, 3.8) is 0 Å². The van der Waals surface area contributed by atoms with E-state index in [1.807, 2.05) is 26.0 Å². The second kappa shape index (κ2) is 6.01. The Hall–Kier alpha value is -1.94. The fourth-order valence-electron chi connectivity index (χ4n) is 2.02. The van der Waals surface area contributed by atoms with Gasteiger partial charge in [-0.15, -0.1) is 0 Å². The van der Waals surface area contributed by atoms with E-state index in [2.05, 4.69) is 0 Å². The summed E-state index contributed by atoms with van der Waals surface area (Å²) in [6.45, 7) is 3.81. The number of ether oxygens (including phenoxy) is 1. The van der Waals surface area contributed by atoms with Gasteiger partial charge in [-0.05, 0) is 26.0 Å². The van der Waals surface area contributed by atoms with E-state index in [1.165, 1.54) is 12.1 Å². The van der Waals surface area contributed by atoms with E-state index >= 15 is 0 Å². The molecule has 0 aliphatic rings. The molecule has 106 valence electrons. The molecule has 4 heteroatoms. The number of hydrogen-bond donors (Lipinski definition) is 1. The lowest BCUT2D eigenvalue weighted by molar-refractivity contribution is 0.239. The van der Waals surface area contributed by atoms with Crippen LogP contribution in [0.25, 0.3) is 0 Å². The Morgan fingerprint density at radius 1 is 1.00 bits per heavy atom. The van der Waals surface area contributed by atoms with Gasteiger partial charge in [-0.25, -0.2) is 8.78 Å². The Morgan fingerprint density at radius 2 is 1.70 bits per heavy atom. The van der Waals surface area contributed by atoms with Crippen molar-refractivity contribution in [2.24, 2.45) is 5.73 Å². The van der Waals surface area contributed by atoms with Crippen molar-refractivity contribution in [2.45, 2.75) is 26.0 Å². The van der Waals surface area contributed by atoms with Crippen LogP contribution < -0.4 is 10.5 Å². The second-order valence-corrected chi connectivity index (χ2v) is 4.85. The highest BCUT2D eigenvalue weighted by Gasteiger charge is 2.18. The Labute approximate surface area is 117 Å². The van der Waals surface area contributed by atoms with Gasteiger partial charge in [0.25, 0.3) is 0 Å². The van der Waals surface area contributed by atoms with E-state index in [-0.39, 0.29) is 11.7 Å². The topological polar surface area (TPSA) is 35.2 Å². The summed E-state index contributed by atoms with van der Waals surface area (Å²) in [5.74, 6) is -0.666. The van der Waals surface area contributed by atoms with Crippen LogP contribution in [0.2, 0.25) is 0 Å². The van der Waals surface area contributed by atoms with Gasteiger partial charge in [0.1, 0.15) is 17.4 Å². The number of rotatable bonds is 4. The lowest BCUT2D eigenvalue weighted by Gasteiger charge is -2.19. The molecule has 0 aromatic heterocycles. The minimum Gasteiger partial charge on any atom is -0.491 e. The van der Waals surface area contributed by atoms with Crippen molar-refractivity contribution >= 4 is 0 Å². The summed E-state index contributed by atoms with van der Waals surface area (Å²) < 4.78 is 32.5. The summed E-state index contributed by atoms with van der Waals surface area (Å²) in [6.07, 6.45) is -0.0126. The normalized spacial score (nSPS) is 12.5. The van der Waals surface area contributed by atoms with Crippen LogP contribution in [0, 0.1) is 11.6 Å². The Morgan fingerprint density at radius 3 is 2.35 bits per heavy atom. The molecule has 0 fully saturated rings. The van der Waals surface area contributed by atoms with Crippen LogP contribution in [0.5, 0.6) is 5.75 Å². The van der Waals surface area contributed by atoms with Crippen molar-refractivity contribution in [3.8, 4) is 5.75 Å². The fraction of sp³-hybridized carbons (Fsp3) is 0.250. The third-order valence-corrected chi connectivity index (χ3v) is 2.91. The van der Waals surface area contributed by atoms with Gasteiger partial charge in [-0.2, -0.15) is 0 Å². The van der Waals surface area contributed by atoms with Crippen LogP contribution in [0.15, 0.2) is 42.5 Å². The third kappa shape index (κ3) is 3.14. The molecular formula is C16H17F2NO. The third-order valence-electron chi connectivity index (χ3n) is 2.91. The fourth-order valence-corrected chi connectivity index (χ4v) is 2.02. The lowest BCUT2D eigenvalue weighted by atomic mass is 9.98. The van der Waals surface area contributed by atoms with Crippen molar-refractivity contribution in [1.29, 1.82) is 0 Å². The molecule has 0 bridgehead atoms. The molecular weight excluding hydrogens is 260 g/mol. The molecule has 2 rings (SSSR count). The van der Waals surface area contributed by atoms with E-state index in [1.54, 1.807) is 12.1 Å². The minimum absolute atomic E-state index is 0.0126. The minimum atomic E-state index is -0.703. The summed E-state index contributed by atoms with van der Waals surface area (Å²) >= 11 is 0. The van der Waals surface area contributed by atoms with Gasteiger partial charge in [0, 0.05) is 17.2 Å². The molecule has 2 aromatic rings. The molecule has 0 saturated carbocycles. The number of benzene rings is 2. The predicted octanol–water partition coefficient (Wildman–Crippen LogP) is 3.80. The number of nitrogens with two attached hydrogens (primary N) is 1. The highest BCUT2D eigenvalue weighted by molar-refractivity contribution is 5.41. The first-order valence-electron chi connectivity index (χ1n) is 6.45. The zero-order chi connectivity index (χ0) is 14.7. The maximum absolute atomic E-state index is 13.8. The summed E-state index contributed by atoms with van der Waals surface area (Å²) in [7, 11) is 0. The quantitative estimate of drug-likeness (QED) is 0.922. The summed E-state index contributed by atoms with van der Waals surface area (Å²) in [5, 5.41) is 0. The van der Waals surface area contributed by atoms with Gasteiger partial charge >= 0.3 is 0 Å². The smallest absolute Gasteiger partial charge is 0.131 e. The zero-order valence-electron chi connectivity index (χ0n) is 11.4. The van der Waals surface area contributed by atoms with Gasteiger partial charge in [0.15, 0.2) is 0 Å². The van der Waals surface area contributed by atoms with E-state index in [9.17, 15) is 8.78 Å². The van der Waals surface area contributed by atoms with Crippen LogP contribution in [-0.4, -0.2) is 6.10 Å². The molecule has 0 spiro atoms. The predicted molar refractivity (Wildman–Crippen MR) is 74.6 cm³/mol. The molecule has 0 heterocycles. The van der Waals surface area contributed by atoms with Gasteiger partial charge in [0.2, 0.25) is 0 Å². The van der Waals surface area contributed by atoms with E-state index in [4.69, 9.17) is 10.5 Å². The highest BCUT2D eigenvalue weighted by atomic mass is 19.1. The van der Waals surface area contributed by atoms with Crippen LogP contribution in [0.1, 0.15) is 31.0 Å². The maximum atomic E-state index is 13.8. The van der Waals surface area contributed by atoms with Crippen molar-refractivity contribution in [1.82, 2.24) is 0 Å². The summed E-state index contributed by atoms with van der Waals surface area (Å²) in [6, 6.07) is 9.90. The highest BCUT2D eigenvalue weighted by Crippen LogP contribution is 2.30. The number of hydrogen-bond acceptors (Lipinski definition) is 2. The van der Waals surface area contributed by atoms with Crippen LogP contribution >= 0.6 is 0 Å². The van der Waals surface area contributed by atoms with E-state index in [0.29, 0.717) is 11.3 Å². The molecule has 0 saturated heterocycles. The number of para-hydroxylation sites is 1. The molecule has 2 aromatic carbocycles. The molecule has 0 aliphatic carbocycles. The van der Waals surface area contributed by atoms with Gasteiger partial charge in [-0.1, -0.05) is 24.3 Å². The molecule has 2 nitrogen and oxygen atoms in total.